The predicted molar refractivity (Wildman–Crippen MR) is 86.6 cm³/mol. The van der Waals surface area contributed by atoms with Gasteiger partial charge in [-0.15, -0.1) is 0 Å². The van der Waals surface area contributed by atoms with Crippen LogP contribution in [0.2, 0.25) is 5.02 Å². The molecule has 1 saturated carbocycles. The molecule has 0 aromatic heterocycles. The SMILES string of the molecule is N#Cc1ccc(CN[C@@H]2CCC[C@@H]2N2CCC(O)C2)c(Cl)c1. The maximum atomic E-state index is 9.73. The van der Waals surface area contributed by atoms with Gasteiger partial charge in [-0.25, -0.2) is 0 Å². The van der Waals surface area contributed by atoms with Crippen LogP contribution in [0.1, 0.15) is 36.8 Å². The molecule has 3 rings (SSSR count). The van der Waals surface area contributed by atoms with Gasteiger partial charge in [0.05, 0.1) is 17.7 Å². The summed E-state index contributed by atoms with van der Waals surface area (Å²) < 4.78 is 0. The molecule has 0 spiro atoms. The molecule has 2 fully saturated rings. The van der Waals surface area contributed by atoms with Crippen LogP contribution >= 0.6 is 11.6 Å². The Kier molecular flexibility index (Phi) is 5.00. The Hall–Kier alpha value is -1.12. The summed E-state index contributed by atoms with van der Waals surface area (Å²) in [6, 6.07) is 8.55. The van der Waals surface area contributed by atoms with E-state index < -0.39 is 0 Å². The highest BCUT2D eigenvalue weighted by atomic mass is 35.5. The zero-order valence-corrected chi connectivity index (χ0v) is 13.4. The smallest absolute Gasteiger partial charge is 0.0992 e. The molecule has 2 aliphatic rings. The average Bonchev–Trinajstić information content (AvgIpc) is 3.14. The summed E-state index contributed by atoms with van der Waals surface area (Å²) in [5.41, 5.74) is 1.63. The van der Waals surface area contributed by atoms with Crippen molar-refractivity contribution in [3.8, 4) is 6.07 Å². The standard InChI is InChI=1S/C17H22ClN3O/c18-15-8-12(9-19)4-5-13(15)10-20-16-2-1-3-17(16)21-7-6-14(22)11-21/h4-5,8,14,16-17,20,22H,1-3,6-7,10-11H2/t14?,16-,17+/m1/s1. The summed E-state index contributed by atoms with van der Waals surface area (Å²) >= 11 is 6.24. The molecule has 22 heavy (non-hydrogen) atoms. The number of halogens is 1. The van der Waals surface area contributed by atoms with Crippen LogP contribution in [0.4, 0.5) is 0 Å². The maximum absolute atomic E-state index is 9.73. The van der Waals surface area contributed by atoms with Crippen LogP contribution in [0.3, 0.4) is 0 Å². The number of aliphatic hydroxyl groups is 1. The highest BCUT2D eigenvalue weighted by Crippen LogP contribution is 2.28. The van der Waals surface area contributed by atoms with Gasteiger partial charge in [0.2, 0.25) is 0 Å². The lowest BCUT2D eigenvalue weighted by molar-refractivity contribution is 0.150. The molecule has 1 aliphatic carbocycles. The Morgan fingerprint density at radius 2 is 2.23 bits per heavy atom. The Balaban J connectivity index is 1.60. The van der Waals surface area contributed by atoms with Gasteiger partial charge in [-0.1, -0.05) is 24.1 Å². The Labute approximate surface area is 136 Å². The third kappa shape index (κ3) is 3.44. The number of nitrogens with zero attached hydrogens (tertiary/aromatic N) is 2. The first-order valence-corrected chi connectivity index (χ1v) is 8.39. The third-order valence-corrected chi connectivity index (χ3v) is 5.23. The van der Waals surface area contributed by atoms with E-state index in [4.69, 9.17) is 16.9 Å². The lowest BCUT2D eigenvalue weighted by Crippen LogP contribution is -2.46. The number of rotatable bonds is 4. The van der Waals surface area contributed by atoms with E-state index in [1.807, 2.05) is 12.1 Å². The fraction of sp³-hybridized carbons (Fsp3) is 0.588. The molecule has 1 saturated heterocycles. The summed E-state index contributed by atoms with van der Waals surface area (Å²) in [6.07, 6.45) is 4.34. The molecule has 1 heterocycles. The maximum Gasteiger partial charge on any atom is 0.0992 e. The molecule has 1 aliphatic heterocycles. The van der Waals surface area contributed by atoms with Crippen molar-refractivity contribution in [2.45, 2.75) is 50.4 Å². The number of benzene rings is 1. The van der Waals surface area contributed by atoms with Crippen molar-refractivity contribution in [2.24, 2.45) is 0 Å². The van der Waals surface area contributed by atoms with E-state index in [2.05, 4.69) is 16.3 Å². The lowest BCUT2D eigenvalue weighted by atomic mass is 10.1. The molecular weight excluding hydrogens is 298 g/mol. The topological polar surface area (TPSA) is 59.3 Å². The molecular formula is C17H22ClN3O. The number of likely N-dealkylation sites (tertiary alicyclic amines) is 1. The summed E-state index contributed by atoms with van der Waals surface area (Å²) in [5, 5.41) is 22.9. The van der Waals surface area contributed by atoms with Crippen LogP contribution in [-0.4, -0.2) is 41.3 Å². The summed E-state index contributed by atoms with van der Waals surface area (Å²) in [4.78, 5) is 2.43. The van der Waals surface area contributed by atoms with Crippen molar-refractivity contribution in [1.29, 1.82) is 5.26 Å². The van der Waals surface area contributed by atoms with Gasteiger partial charge in [0.1, 0.15) is 0 Å². The van der Waals surface area contributed by atoms with Crippen LogP contribution < -0.4 is 5.32 Å². The van der Waals surface area contributed by atoms with Crippen molar-refractivity contribution in [3.05, 3.63) is 34.3 Å². The Morgan fingerprint density at radius 3 is 2.91 bits per heavy atom. The Morgan fingerprint density at radius 1 is 1.36 bits per heavy atom. The predicted octanol–water partition coefficient (Wildman–Crippen LogP) is 2.29. The van der Waals surface area contributed by atoms with E-state index in [1.54, 1.807) is 6.07 Å². The molecule has 1 aromatic rings. The zero-order chi connectivity index (χ0) is 15.5. The highest BCUT2D eigenvalue weighted by Gasteiger charge is 2.35. The summed E-state index contributed by atoms with van der Waals surface area (Å²) in [6.45, 7) is 2.53. The summed E-state index contributed by atoms with van der Waals surface area (Å²) in [7, 11) is 0. The quantitative estimate of drug-likeness (QED) is 0.894. The molecule has 0 bridgehead atoms. The van der Waals surface area contributed by atoms with Gasteiger partial charge in [0, 0.05) is 36.7 Å². The van der Waals surface area contributed by atoms with Crippen molar-refractivity contribution >= 4 is 11.6 Å². The minimum atomic E-state index is -0.158. The molecule has 3 atom stereocenters. The molecule has 4 nitrogen and oxygen atoms in total. The second-order valence-electron chi connectivity index (χ2n) is 6.34. The second-order valence-corrected chi connectivity index (χ2v) is 6.75. The number of aliphatic hydroxyl groups excluding tert-OH is 1. The van der Waals surface area contributed by atoms with Crippen LogP contribution in [-0.2, 0) is 6.54 Å². The van der Waals surface area contributed by atoms with Gasteiger partial charge in [0.15, 0.2) is 0 Å². The van der Waals surface area contributed by atoms with E-state index in [-0.39, 0.29) is 6.10 Å². The molecule has 118 valence electrons. The van der Waals surface area contributed by atoms with Crippen molar-refractivity contribution < 1.29 is 5.11 Å². The first-order valence-electron chi connectivity index (χ1n) is 8.01. The zero-order valence-electron chi connectivity index (χ0n) is 12.6. The van der Waals surface area contributed by atoms with E-state index >= 15 is 0 Å². The van der Waals surface area contributed by atoms with Gasteiger partial charge in [-0.05, 0) is 37.0 Å². The Bertz CT molecular complexity index is 572. The van der Waals surface area contributed by atoms with Crippen LogP contribution in [0.25, 0.3) is 0 Å². The normalized spacial score (nSPS) is 28.9. The van der Waals surface area contributed by atoms with Crippen LogP contribution in [0.5, 0.6) is 0 Å². The molecule has 0 radical (unpaired) electrons. The highest BCUT2D eigenvalue weighted by molar-refractivity contribution is 6.31. The number of β-amino-alcohol motifs (C(OH)–C–C–N with tert-alkyl or cyclic N) is 1. The number of hydrogen-bond donors (Lipinski definition) is 2. The van der Waals surface area contributed by atoms with Crippen LogP contribution in [0, 0.1) is 11.3 Å². The van der Waals surface area contributed by atoms with Gasteiger partial charge in [0.25, 0.3) is 0 Å². The largest absolute Gasteiger partial charge is 0.392 e. The molecule has 1 unspecified atom stereocenters. The van der Waals surface area contributed by atoms with E-state index in [0.717, 1.165) is 31.6 Å². The van der Waals surface area contributed by atoms with Gasteiger partial charge < -0.3 is 10.4 Å². The number of nitriles is 1. The van der Waals surface area contributed by atoms with Crippen molar-refractivity contribution in [1.82, 2.24) is 10.2 Å². The monoisotopic (exact) mass is 319 g/mol. The average molecular weight is 320 g/mol. The first kappa shape index (κ1) is 15.8. The molecule has 0 amide bonds. The van der Waals surface area contributed by atoms with Crippen molar-refractivity contribution in [2.75, 3.05) is 13.1 Å². The van der Waals surface area contributed by atoms with Gasteiger partial charge in [-0.3, -0.25) is 4.90 Å². The fourth-order valence-electron chi connectivity index (χ4n) is 3.69. The molecule has 5 heteroatoms. The minimum Gasteiger partial charge on any atom is -0.392 e. The molecule has 1 aromatic carbocycles. The first-order chi connectivity index (χ1) is 10.7. The van der Waals surface area contributed by atoms with E-state index in [1.165, 1.54) is 19.3 Å². The number of hydrogen-bond acceptors (Lipinski definition) is 4. The number of nitrogens with one attached hydrogen (secondary N) is 1. The lowest BCUT2D eigenvalue weighted by Gasteiger charge is -2.30. The van der Waals surface area contributed by atoms with Gasteiger partial charge in [-0.2, -0.15) is 5.26 Å². The van der Waals surface area contributed by atoms with Crippen molar-refractivity contribution in [3.63, 3.8) is 0 Å². The second kappa shape index (κ2) is 6.97. The fourth-order valence-corrected chi connectivity index (χ4v) is 3.93. The van der Waals surface area contributed by atoms with E-state index in [9.17, 15) is 5.11 Å². The summed E-state index contributed by atoms with van der Waals surface area (Å²) in [5.74, 6) is 0. The third-order valence-electron chi connectivity index (χ3n) is 4.88. The van der Waals surface area contributed by atoms with Gasteiger partial charge >= 0.3 is 0 Å². The molecule has 2 N–H and O–H groups in total. The van der Waals surface area contributed by atoms with E-state index in [0.29, 0.717) is 22.7 Å². The minimum absolute atomic E-state index is 0.158. The van der Waals surface area contributed by atoms with Crippen LogP contribution in [0.15, 0.2) is 18.2 Å².